The van der Waals surface area contributed by atoms with Crippen LogP contribution >= 0.6 is 0 Å². The van der Waals surface area contributed by atoms with Crippen molar-refractivity contribution < 1.29 is 17.6 Å². The van der Waals surface area contributed by atoms with Crippen LogP contribution in [0, 0.1) is 18.8 Å². The molecule has 2 aliphatic rings. The standard InChI is InChI=1S/C16H24N2O4S/c1-10-14(9-15(22-10)23(20,21)17-2)16(19)18-13-5-3-4-12(8-13)11-6-7-11/h9,11-13,17H,3-8H2,1-2H3,(H,18,19)/t12-,13-/m0/s1. The Labute approximate surface area is 137 Å². The summed E-state index contributed by atoms with van der Waals surface area (Å²) in [5.74, 6) is 1.67. The lowest BCUT2D eigenvalue weighted by molar-refractivity contribution is 0.0915. The first kappa shape index (κ1) is 16.5. The lowest BCUT2D eigenvalue weighted by Crippen LogP contribution is -2.38. The maximum absolute atomic E-state index is 12.5. The monoisotopic (exact) mass is 340 g/mol. The summed E-state index contributed by atoms with van der Waals surface area (Å²) >= 11 is 0. The Hall–Kier alpha value is -1.34. The molecule has 1 heterocycles. The van der Waals surface area contributed by atoms with Crippen molar-refractivity contribution in [2.45, 2.75) is 56.6 Å². The largest absolute Gasteiger partial charge is 0.448 e. The molecule has 0 radical (unpaired) electrons. The van der Waals surface area contributed by atoms with Crippen LogP contribution in [0.3, 0.4) is 0 Å². The molecular formula is C16H24N2O4S. The molecule has 128 valence electrons. The van der Waals surface area contributed by atoms with Crippen LogP contribution < -0.4 is 10.0 Å². The van der Waals surface area contributed by atoms with Crippen molar-refractivity contribution in [3.05, 3.63) is 17.4 Å². The van der Waals surface area contributed by atoms with Crippen LogP contribution in [-0.2, 0) is 10.0 Å². The maximum atomic E-state index is 12.5. The third-order valence-corrected chi connectivity index (χ3v) is 6.28. The van der Waals surface area contributed by atoms with Crippen molar-refractivity contribution >= 4 is 15.9 Å². The predicted octanol–water partition coefficient (Wildman–Crippen LogP) is 2.19. The van der Waals surface area contributed by atoms with E-state index in [1.165, 1.54) is 32.4 Å². The third-order valence-electron chi connectivity index (χ3n) is 5.01. The molecule has 6 nitrogen and oxygen atoms in total. The van der Waals surface area contributed by atoms with Crippen molar-refractivity contribution in [3.8, 4) is 0 Å². The normalized spacial score (nSPS) is 25.3. The molecule has 23 heavy (non-hydrogen) atoms. The molecule has 2 saturated carbocycles. The van der Waals surface area contributed by atoms with E-state index in [1.807, 2.05) is 0 Å². The average Bonchev–Trinajstić information content (AvgIpc) is 3.29. The van der Waals surface area contributed by atoms with Crippen LogP contribution in [0.4, 0.5) is 0 Å². The number of aryl methyl sites for hydroxylation is 1. The quantitative estimate of drug-likeness (QED) is 0.860. The van der Waals surface area contributed by atoms with E-state index in [1.54, 1.807) is 6.92 Å². The van der Waals surface area contributed by atoms with Gasteiger partial charge in [-0.05, 0) is 51.5 Å². The van der Waals surface area contributed by atoms with Gasteiger partial charge in [0.25, 0.3) is 15.9 Å². The highest BCUT2D eigenvalue weighted by Crippen LogP contribution is 2.43. The van der Waals surface area contributed by atoms with E-state index in [4.69, 9.17) is 4.42 Å². The topological polar surface area (TPSA) is 88.4 Å². The smallest absolute Gasteiger partial charge is 0.273 e. The molecule has 2 atom stereocenters. The molecule has 0 bridgehead atoms. The molecule has 7 heteroatoms. The minimum Gasteiger partial charge on any atom is -0.448 e. The number of sulfonamides is 1. The second-order valence-corrected chi connectivity index (χ2v) is 8.49. The molecule has 0 aliphatic heterocycles. The summed E-state index contributed by atoms with van der Waals surface area (Å²) in [6.07, 6.45) is 7.11. The first-order valence-electron chi connectivity index (χ1n) is 8.25. The van der Waals surface area contributed by atoms with Gasteiger partial charge in [0.05, 0.1) is 5.56 Å². The number of hydrogen-bond acceptors (Lipinski definition) is 4. The summed E-state index contributed by atoms with van der Waals surface area (Å²) in [5.41, 5.74) is 0.298. The summed E-state index contributed by atoms with van der Waals surface area (Å²) in [5, 5.41) is 2.84. The zero-order valence-electron chi connectivity index (χ0n) is 13.6. The maximum Gasteiger partial charge on any atom is 0.273 e. The minimum atomic E-state index is -3.67. The van der Waals surface area contributed by atoms with E-state index in [0.717, 1.165) is 31.1 Å². The molecule has 1 aromatic heterocycles. The van der Waals surface area contributed by atoms with Gasteiger partial charge in [0, 0.05) is 12.1 Å². The number of carbonyl (C=O) groups excluding carboxylic acids is 1. The lowest BCUT2D eigenvalue weighted by atomic mass is 9.82. The minimum absolute atomic E-state index is 0.181. The van der Waals surface area contributed by atoms with Gasteiger partial charge in [-0.15, -0.1) is 0 Å². The Morgan fingerprint density at radius 2 is 1.96 bits per heavy atom. The highest BCUT2D eigenvalue weighted by Gasteiger charge is 2.35. The van der Waals surface area contributed by atoms with Crippen LogP contribution in [0.15, 0.2) is 15.6 Å². The van der Waals surface area contributed by atoms with Crippen molar-refractivity contribution in [1.82, 2.24) is 10.0 Å². The first-order chi connectivity index (χ1) is 10.9. The van der Waals surface area contributed by atoms with Crippen molar-refractivity contribution in [3.63, 3.8) is 0 Å². The SMILES string of the molecule is CNS(=O)(=O)c1cc(C(=O)N[C@H]2CCC[C@H](C3CC3)C2)c(C)o1. The molecule has 1 aromatic rings. The number of rotatable bonds is 5. The molecule has 3 rings (SSSR count). The van der Waals surface area contributed by atoms with Gasteiger partial charge in [0.15, 0.2) is 0 Å². The van der Waals surface area contributed by atoms with Crippen LogP contribution in [0.2, 0.25) is 0 Å². The Morgan fingerprint density at radius 3 is 2.61 bits per heavy atom. The van der Waals surface area contributed by atoms with Gasteiger partial charge in [-0.1, -0.05) is 12.8 Å². The zero-order chi connectivity index (χ0) is 16.6. The molecule has 1 amide bonds. The van der Waals surface area contributed by atoms with Gasteiger partial charge >= 0.3 is 0 Å². The van der Waals surface area contributed by atoms with E-state index >= 15 is 0 Å². The van der Waals surface area contributed by atoms with Crippen LogP contribution in [0.25, 0.3) is 0 Å². The summed E-state index contributed by atoms with van der Waals surface area (Å²) in [4.78, 5) is 12.5. The van der Waals surface area contributed by atoms with E-state index in [-0.39, 0.29) is 17.0 Å². The van der Waals surface area contributed by atoms with Crippen molar-refractivity contribution in [2.24, 2.45) is 11.8 Å². The molecule has 0 spiro atoms. The average molecular weight is 340 g/mol. The number of nitrogens with one attached hydrogen (secondary N) is 2. The van der Waals surface area contributed by atoms with Gasteiger partial charge in [-0.2, -0.15) is 0 Å². The molecule has 2 fully saturated rings. The first-order valence-corrected chi connectivity index (χ1v) is 9.74. The van der Waals surface area contributed by atoms with Gasteiger partial charge in [-0.25, -0.2) is 13.1 Å². The Kier molecular flexibility index (Phi) is 4.51. The molecule has 0 saturated heterocycles. The molecule has 0 aromatic carbocycles. The van der Waals surface area contributed by atoms with E-state index in [9.17, 15) is 13.2 Å². The Morgan fingerprint density at radius 1 is 1.22 bits per heavy atom. The highest BCUT2D eigenvalue weighted by molar-refractivity contribution is 7.89. The fourth-order valence-corrected chi connectivity index (χ4v) is 4.24. The predicted molar refractivity (Wildman–Crippen MR) is 85.6 cm³/mol. The fourth-order valence-electron chi connectivity index (χ4n) is 3.53. The summed E-state index contributed by atoms with van der Waals surface area (Å²) < 4.78 is 31.0. The molecule has 2 N–H and O–H groups in total. The Bertz CT molecular complexity index is 691. The zero-order valence-corrected chi connectivity index (χ0v) is 14.4. The molecule has 2 aliphatic carbocycles. The van der Waals surface area contributed by atoms with Crippen LogP contribution in [-0.4, -0.2) is 27.4 Å². The van der Waals surface area contributed by atoms with Crippen molar-refractivity contribution in [1.29, 1.82) is 0 Å². The second kappa shape index (κ2) is 6.28. The van der Waals surface area contributed by atoms with Gasteiger partial charge in [-0.3, -0.25) is 4.79 Å². The van der Waals surface area contributed by atoms with Crippen LogP contribution in [0.1, 0.15) is 54.6 Å². The number of carbonyl (C=O) groups is 1. The molecular weight excluding hydrogens is 316 g/mol. The van der Waals surface area contributed by atoms with E-state index in [2.05, 4.69) is 10.0 Å². The van der Waals surface area contributed by atoms with Crippen LogP contribution in [0.5, 0.6) is 0 Å². The summed E-state index contributed by atoms with van der Waals surface area (Å²) in [6.45, 7) is 1.61. The number of furan rings is 1. The third kappa shape index (κ3) is 3.61. The van der Waals surface area contributed by atoms with E-state index < -0.39 is 10.0 Å². The summed E-state index contributed by atoms with van der Waals surface area (Å²) in [7, 11) is -2.36. The fraction of sp³-hybridized carbons (Fsp3) is 0.688. The highest BCUT2D eigenvalue weighted by atomic mass is 32.2. The van der Waals surface area contributed by atoms with Gasteiger partial charge < -0.3 is 9.73 Å². The van der Waals surface area contributed by atoms with Gasteiger partial charge in [0.1, 0.15) is 5.76 Å². The number of amides is 1. The van der Waals surface area contributed by atoms with Gasteiger partial charge in [0.2, 0.25) is 5.09 Å². The number of hydrogen-bond donors (Lipinski definition) is 2. The second-order valence-electron chi connectivity index (χ2n) is 6.68. The van der Waals surface area contributed by atoms with E-state index in [0.29, 0.717) is 11.3 Å². The Balaban J connectivity index is 1.68. The van der Waals surface area contributed by atoms with Crippen molar-refractivity contribution in [2.75, 3.05) is 7.05 Å². The molecule has 0 unspecified atom stereocenters. The summed E-state index contributed by atoms with van der Waals surface area (Å²) in [6, 6.07) is 1.48. The lowest BCUT2D eigenvalue weighted by Gasteiger charge is -2.29.